The largest absolute Gasteiger partial charge is 0.505 e. The molecular formula is C15H17NO2. The molecule has 1 aromatic heterocycles. The molecule has 0 aliphatic rings. The zero-order valence-corrected chi connectivity index (χ0v) is 11.4. The lowest BCUT2D eigenvalue weighted by molar-refractivity contribution is 0.101. The van der Waals surface area contributed by atoms with Crippen LogP contribution in [0.1, 0.15) is 39.5 Å². The van der Waals surface area contributed by atoms with E-state index in [0.717, 1.165) is 27.6 Å². The quantitative estimate of drug-likeness (QED) is 0.781. The fourth-order valence-electron chi connectivity index (χ4n) is 2.44. The van der Waals surface area contributed by atoms with Crippen LogP contribution in [-0.2, 0) is 0 Å². The first-order valence-corrected chi connectivity index (χ1v) is 5.95. The average Bonchev–Trinajstić information content (AvgIpc) is 2.29. The molecule has 0 radical (unpaired) electrons. The van der Waals surface area contributed by atoms with Crippen LogP contribution >= 0.6 is 0 Å². The topological polar surface area (TPSA) is 50.2 Å². The van der Waals surface area contributed by atoms with E-state index in [-0.39, 0.29) is 11.5 Å². The first kappa shape index (κ1) is 12.6. The number of carbonyl (C=O) groups excluding carboxylic acids is 1. The van der Waals surface area contributed by atoms with Crippen LogP contribution in [0.3, 0.4) is 0 Å². The minimum Gasteiger partial charge on any atom is -0.505 e. The van der Waals surface area contributed by atoms with Gasteiger partial charge in [-0.05, 0) is 56.9 Å². The number of benzene rings is 1. The van der Waals surface area contributed by atoms with Gasteiger partial charge in [-0.2, -0.15) is 0 Å². The van der Waals surface area contributed by atoms with Gasteiger partial charge in [-0.1, -0.05) is 0 Å². The lowest BCUT2D eigenvalue weighted by Gasteiger charge is -2.15. The highest BCUT2D eigenvalue weighted by atomic mass is 16.3. The normalized spacial score (nSPS) is 10.9. The standard InChI is InChI=1S/C15H17NO2/c1-7-6-16-14-12(8(7)2)9(3)10(4)13(11(5)17)15(14)18/h6,18H,1-5H3. The van der Waals surface area contributed by atoms with Crippen molar-refractivity contribution in [1.82, 2.24) is 4.98 Å². The Hall–Kier alpha value is -1.90. The van der Waals surface area contributed by atoms with Gasteiger partial charge in [0.25, 0.3) is 0 Å². The fraction of sp³-hybridized carbons (Fsp3) is 0.333. The maximum atomic E-state index is 11.6. The summed E-state index contributed by atoms with van der Waals surface area (Å²) in [6.45, 7) is 9.31. The monoisotopic (exact) mass is 243 g/mol. The minimum atomic E-state index is -0.130. The molecule has 0 fully saturated rings. The van der Waals surface area contributed by atoms with E-state index in [1.807, 2.05) is 27.7 Å². The van der Waals surface area contributed by atoms with Crippen molar-refractivity contribution < 1.29 is 9.90 Å². The third kappa shape index (κ3) is 1.58. The summed E-state index contributed by atoms with van der Waals surface area (Å²) in [6.07, 6.45) is 1.73. The molecule has 3 nitrogen and oxygen atoms in total. The van der Waals surface area contributed by atoms with Crippen molar-refractivity contribution in [3.05, 3.63) is 34.0 Å². The van der Waals surface area contributed by atoms with Crippen LogP contribution in [0.25, 0.3) is 10.9 Å². The first-order chi connectivity index (χ1) is 8.36. The molecule has 0 aliphatic heterocycles. The molecule has 2 aromatic rings. The van der Waals surface area contributed by atoms with Crippen LogP contribution in [0.2, 0.25) is 0 Å². The third-order valence-electron chi connectivity index (χ3n) is 3.72. The lowest BCUT2D eigenvalue weighted by atomic mass is 9.92. The SMILES string of the molecule is CC(=O)c1c(C)c(C)c2c(C)c(C)cnc2c1O. The third-order valence-corrected chi connectivity index (χ3v) is 3.72. The minimum absolute atomic E-state index is 0.00343. The van der Waals surface area contributed by atoms with Crippen molar-refractivity contribution >= 4 is 16.7 Å². The summed E-state index contributed by atoms with van der Waals surface area (Å²) in [5, 5.41) is 11.2. The smallest absolute Gasteiger partial charge is 0.163 e. The Morgan fingerprint density at radius 1 is 1.11 bits per heavy atom. The Morgan fingerprint density at radius 2 is 1.72 bits per heavy atom. The summed E-state index contributed by atoms with van der Waals surface area (Å²) in [5.41, 5.74) is 4.94. The molecule has 0 spiro atoms. The van der Waals surface area contributed by atoms with Gasteiger partial charge in [-0.15, -0.1) is 0 Å². The molecule has 18 heavy (non-hydrogen) atoms. The average molecular weight is 243 g/mol. The second-order valence-electron chi connectivity index (χ2n) is 4.82. The number of phenolic OH excluding ortho intramolecular Hbond substituents is 1. The Labute approximate surface area is 106 Å². The molecule has 0 unspecified atom stereocenters. The summed E-state index contributed by atoms with van der Waals surface area (Å²) in [4.78, 5) is 15.9. The zero-order chi connectivity index (χ0) is 13.6. The molecule has 94 valence electrons. The van der Waals surface area contributed by atoms with Gasteiger partial charge in [-0.3, -0.25) is 9.78 Å². The number of fused-ring (bicyclic) bond motifs is 1. The number of ketones is 1. The molecule has 3 heteroatoms. The number of aromatic hydroxyl groups is 1. The number of Topliss-reactive ketones (excluding diaryl/α,β-unsaturated/α-hetero) is 1. The summed E-state index contributed by atoms with van der Waals surface area (Å²) in [5.74, 6) is -0.126. The predicted octanol–water partition coefficient (Wildman–Crippen LogP) is 3.38. The van der Waals surface area contributed by atoms with Crippen molar-refractivity contribution in [2.24, 2.45) is 0 Å². The van der Waals surface area contributed by atoms with E-state index in [2.05, 4.69) is 4.98 Å². The highest BCUT2D eigenvalue weighted by molar-refractivity contribution is 6.06. The molecule has 1 N–H and O–H groups in total. The van der Waals surface area contributed by atoms with Gasteiger partial charge in [0.05, 0.1) is 5.56 Å². The van der Waals surface area contributed by atoms with E-state index in [1.165, 1.54) is 6.92 Å². The number of nitrogens with zero attached hydrogens (tertiary/aromatic N) is 1. The number of aromatic nitrogens is 1. The number of hydrogen-bond donors (Lipinski definition) is 1. The number of rotatable bonds is 1. The maximum absolute atomic E-state index is 11.6. The van der Waals surface area contributed by atoms with Gasteiger partial charge in [0.2, 0.25) is 0 Å². The molecule has 1 heterocycles. The summed E-state index contributed by atoms with van der Waals surface area (Å²) in [7, 11) is 0. The molecule has 0 atom stereocenters. The molecule has 2 rings (SSSR count). The number of hydrogen-bond acceptors (Lipinski definition) is 3. The van der Waals surface area contributed by atoms with Crippen LogP contribution in [-0.4, -0.2) is 15.9 Å². The number of carbonyl (C=O) groups is 1. The number of aryl methyl sites for hydroxylation is 3. The number of pyridine rings is 1. The predicted molar refractivity (Wildman–Crippen MR) is 72.4 cm³/mol. The fourth-order valence-corrected chi connectivity index (χ4v) is 2.44. The number of phenols is 1. The molecule has 0 saturated heterocycles. The van der Waals surface area contributed by atoms with Crippen molar-refractivity contribution in [3.8, 4) is 5.75 Å². The van der Waals surface area contributed by atoms with Crippen molar-refractivity contribution in [2.45, 2.75) is 34.6 Å². The molecule has 0 aliphatic carbocycles. The van der Waals surface area contributed by atoms with E-state index >= 15 is 0 Å². The van der Waals surface area contributed by atoms with Gasteiger partial charge in [0, 0.05) is 11.6 Å². The molecule has 0 bridgehead atoms. The van der Waals surface area contributed by atoms with Gasteiger partial charge >= 0.3 is 0 Å². The Kier molecular flexibility index (Phi) is 2.85. The van der Waals surface area contributed by atoms with Crippen molar-refractivity contribution in [2.75, 3.05) is 0 Å². The van der Waals surface area contributed by atoms with E-state index in [4.69, 9.17) is 0 Å². The van der Waals surface area contributed by atoms with Crippen LogP contribution < -0.4 is 0 Å². The second-order valence-corrected chi connectivity index (χ2v) is 4.82. The molecule has 0 saturated carbocycles. The molecule has 1 aromatic carbocycles. The van der Waals surface area contributed by atoms with Crippen LogP contribution in [0.15, 0.2) is 6.20 Å². The van der Waals surface area contributed by atoms with Gasteiger partial charge < -0.3 is 5.11 Å². The Bertz CT molecular complexity index is 672. The maximum Gasteiger partial charge on any atom is 0.163 e. The molecule has 0 amide bonds. The zero-order valence-electron chi connectivity index (χ0n) is 11.4. The van der Waals surface area contributed by atoms with Crippen molar-refractivity contribution in [1.29, 1.82) is 0 Å². The van der Waals surface area contributed by atoms with Crippen molar-refractivity contribution in [3.63, 3.8) is 0 Å². The van der Waals surface area contributed by atoms with Crippen LogP contribution in [0.4, 0.5) is 0 Å². The highest BCUT2D eigenvalue weighted by Gasteiger charge is 2.19. The van der Waals surface area contributed by atoms with E-state index in [0.29, 0.717) is 11.1 Å². The first-order valence-electron chi connectivity index (χ1n) is 5.95. The summed E-state index contributed by atoms with van der Waals surface area (Å²) in [6, 6.07) is 0. The van der Waals surface area contributed by atoms with Gasteiger partial charge in [0.15, 0.2) is 11.5 Å². The Balaban J connectivity index is 3.07. The lowest BCUT2D eigenvalue weighted by Crippen LogP contribution is -2.03. The van der Waals surface area contributed by atoms with E-state index in [9.17, 15) is 9.90 Å². The van der Waals surface area contributed by atoms with Crippen LogP contribution in [0.5, 0.6) is 5.75 Å². The molecular weight excluding hydrogens is 226 g/mol. The summed E-state index contributed by atoms with van der Waals surface area (Å²) < 4.78 is 0. The van der Waals surface area contributed by atoms with E-state index in [1.54, 1.807) is 6.20 Å². The highest BCUT2D eigenvalue weighted by Crippen LogP contribution is 2.36. The summed E-state index contributed by atoms with van der Waals surface area (Å²) >= 11 is 0. The van der Waals surface area contributed by atoms with E-state index < -0.39 is 0 Å². The van der Waals surface area contributed by atoms with Crippen LogP contribution in [0, 0.1) is 27.7 Å². The Morgan fingerprint density at radius 3 is 2.28 bits per heavy atom. The second kappa shape index (κ2) is 4.09. The van der Waals surface area contributed by atoms with Gasteiger partial charge in [0.1, 0.15) is 5.52 Å². The van der Waals surface area contributed by atoms with Gasteiger partial charge in [-0.25, -0.2) is 0 Å².